The third kappa shape index (κ3) is 4.41. The van der Waals surface area contributed by atoms with Crippen molar-refractivity contribution in [3.8, 4) is 34.3 Å². The van der Waals surface area contributed by atoms with E-state index in [2.05, 4.69) is 15.0 Å². The second kappa shape index (κ2) is 9.11. The van der Waals surface area contributed by atoms with Crippen LogP contribution < -0.4 is 14.3 Å². The molecule has 0 amide bonds. The molecule has 0 aliphatic rings. The number of aromatic nitrogens is 3. The maximum absolute atomic E-state index is 13.5. The minimum atomic E-state index is -3.98. The van der Waals surface area contributed by atoms with Gasteiger partial charge in [-0.05, 0) is 71.4 Å². The third-order valence-corrected chi connectivity index (χ3v) is 6.90. The number of benzene rings is 4. The zero-order valence-electron chi connectivity index (χ0n) is 19.0. The Kier molecular flexibility index (Phi) is 5.84. The Labute approximate surface area is 202 Å². The van der Waals surface area contributed by atoms with Gasteiger partial charge < -0.3 is 9.47 Å². The predicted molar refractivity (Wildman–Crippen MR) is 134 cm³/mol. The molecule has 0 radical (unpaired) electrons. The van der Waals surface area contributed by atoms with Gasteiger partial charge in [-0.1, -0.05) is 30.3 Å². The van der Waals surface area contributed by atoms with Crippen molar-refractivity contribution in [3.05, 3.63) is 91.0 Å². The van der Waals surface area contributed by atoms with Gasteiger partial charge in [0.15, 0.2) is 11.6 Å². The molecule has 1 heterocycles. The summed E-state index contributed by atoms with van der Waals surface area (Å²) in [6.45, 7) is 0. The number of nitrogens with one attached hydrogen (secondary N) is 1. The van der Waals surface area contributed by atoms with Gasteiger partial charge in [0.05, 0.1) is 19.1 Å². The molecule has 0 spiro atoms. The maximum Gasteiger partial charge on any atom is 0.275 e. The number of hydrogen-bond donors (Lipinski definition) is 1. The molecule has 5 aromatic rings. The molecule has 0 unspecified atom stereocenters. The molecule has 5 rings (SSSR count). The van der Waals surface area contributed by atoms with E-state index in [1.54, 1.807) is 80.9 Å². The van der Waals surface area contributed by atoms with Crippen molar-refractivity contribution in [1.29, 1.82) is 0 Å². The monoisotopic (exact) mass is 486 g/mol. The molecule has 0 bridgehead atoms. The quantitative estimate of drug-likeness (QED) is 0.358. The first-order valence-corrected chi connectivity index (χ1v) is 12.2. The van der Waals surface area contributed by atoms with Gasteiger partial charge in [0.1, 0.15) is 11.5 Å². The van der Waals surface area contributed by atoms with Gasteiger partial charge in [0, 0.05) is 11.1 Å². The fourth-order valence-corrected chi connectivity index (χ4v) is 4.78. The standard InChI is InChI=1S/C26H22N4O4S/c1-33-22-12-7-19(8-13-22)25-27-28-26(20-9-14-23(34-2)15-10-20)30(25)29-35(31,32)24-16-11-18-5-3-4-6-21(18)17-24/h3-17,29H,1-2H3. The first-order chi connectivity index (χ1) is 17.0. The highest BCUT2D eigenvalue weighted by Crippen LogP contribution is 2.28. The molecular weight excluding hydrogens is 464 g/mol. The van der Waals surface area contributed by atoms with Crippen LogP contribution in [0.2, 0.25) is 0 Å². The average molecular weight is 487 g/mol. The normalized spacial score (nSPS) is 11.4. The van der Waals surface area contributed by atoms with Crippen molar-refractivity contribution in [2.75, 3.05) is 19.1 Å². The molecule has 4 aromatic carbocycles. The summed E-state index contributed by atoms with van der Waals surface area (Å²) in [5, 5.41) is 10.4. The zero-order valence-corrected chi connectivity index (χ0v) is 19.9. The lowest BCUT2D eigenvalue weighted by Gasteiger charge is -2.14. The Hall–Kier alpha value is -4.37. The number of nitrogens with zero attached hydrogens (tertiary/aromatic N) is 3. The highest BCUT2D eigenvalue weighted by Gasteiger charge is 2.22. The average Bonchev–Trinajstić information content (AvgIpc) is 3.31. The molecule has 176 valence electrons. The number of hydrogen-bond acceptors (Lipinski definition) is 6. The molecule has 0 aliphatic carbocycles. The van der Waals surface area contributed by atoms with E-state index >= 15 is 0 Å². The lowest BCUT2D eigenvalue weighted by Crippen LogP contribution is -2.25. The summed E-state index contributed by atoms with van der Waals surface area (Å²) in [4.78, 5) is 2.80. The second-order valence-electron chi connectivity index (χ2n) is 7.74. The molecule has 0 fully saturated rings. The number of sulfonamides is 1. The molecule has 0 saturated carbocycles. The smallest absolute Gasteiger partial charge is 0.275 e. The Morgan fingerprint density at radius 2 is 1.20 bits per heavy atom. The topological polar surface area (TPSA) is 95.3 Å². The number of fused-ring (bicyclic) bond motifs is 1. The van der Waals surface area contributed by atoms with E-state index in [4.69, 9.17) is 9.47 Å². The minimum Gasteiger partial charge on any atom is -0.497 e. The van der Waals surface area contributed by atoms with Crippen LogP contribution in [0.15, 0.2) is 95.9 Å². The van der Waals surface area contributed by atoms with Gasteiger partial charge in [-0.25, -0.2) is 9.51 Å². The van der Waals surface area contributed by atoms with E-state index in [1.807, 2.05) is 24.3 Å². The van der Waals surface area contributed by atoms with Crippen LogP contribution in [0.5, 0.6) is 11.5 Å². The summed E-state index contributed by atoms with van der Waals surface area (Å²) >= 11 is 0. The summed E-state index contributed by atoms with van der Waals surface area (Å²) in [5.74, 6) is 2.02. The Balaban J connectivity index is 1.61. The number of rotatable bonds is 7. The first-order valence-electron chi connectivity index (χ1n) is 10.7. The Morgan fingerprint density at radius 1 is 0.686 bits per heavy atom. The van der Waals surface area contributed by atoms with Crippen molar-refractivity contribution in [2.45, 2.75) is 4.90 Å². The molecule has 1 N–H and O–H groups in total. The third-order valence-electron chi connectivity index (χ3n) is 5.60. The highest BCUT2D eigenvalue weighted by molar-refractivity contribution is 7.92. The van der Waals surface area contributed by atoms with Crippen molar-refractivity contribution < 1.29 is 17.9 Å². The van der Waals surface area contributed by atoms with E-state index in [0.717, 1.165) is 10.8 Å². The van der Waals surface area contributed by atoms with Crippen molar-refractivity contribution in [1.82, 2.24) is 14.9 Å². The molecule has 8 nitrogen and oxygen atoms in total. The molecule has 0 aliphatic heterocycles. The summed E-state index contributed by atoms with van der Waals surface area (Å²) in [6, 6.07) is 26.9. The van der Waals surface area contributed by atoms with E-state index in [-0.39, 0.29) is 4.90 Å². The van der Waals surface area contributed by atoms with Crippen LogP contribution in [0.3, 0.4) is 0 Å². The van der Waals surface area contributed by atoms with Gasteiger partial charge in [-0.3, -0.25) is 0 Å². The molecular formula is C26H22N4O4S. The van der Waals surface area contributed by atoms with Crippen molar-refractivity contribution >= 4 is 20.8 Å². The molecule has 35 heavy (non-hydrogen) atoms. The molecule has 0 atom stereocenters. The van der Waals surface area contributed by atoms with E-state index in [0.29, 0.717) is 34.3 Å². The van der Waals surface area contributed by atoms with E-state index < -0.39 is 10.0 Å². The largest absolute Gasteiger partial charge is 0.497 e. The molecule has 0 saturated heterocycles. The summed E-state index contributed by atoms with van der Waals surface area (Å²) < 4.78 is 38.8. The van der Waals surface area contributed by atoms with E-state index in [1.165, 1.54) is 4.68 Å². The minimum absolute atomic E-state index is 0.131. The number of methoxy groups -OCH3 is 2. The van der Waals surface area contributed by atoms with Crippen LogP contribution in [-0.4, -0.2) is 37.5 Å². The van der Waals surface area contributed by atoms with Gasteiger partial charge in [0.2, 0.25) is 0 Å². The van der Waals surface area contributed by atoms with Gasteiger partial charge in [-0.15, -0.1) is 10.2 Å². The lowest BCUT2D eigenvalue weighted by molar-refractivity contribution is 0.415. The first kappa shape index (κ1) is 22.4. The van der Waals surface area contributed by atoms with E-state index in [9.17, 15) is 8.42 Å². The Morgan fingerprint density at radius 3 is 1.71 bits per heavy atom. The highest BCUT2D eigenvalue weighted by atomic mass is 32.2. The lowest BCUT2D eigenvalue weighted by atomic mass is 10.1. The SMILES string of the molecule is COc1ccc(-c2nnc(-c3ccc(OC)cc3)n2NS(=O)(=O)c2ccc3ccccc3c2)cc1. The van der Waals surface area contributed by atoms with Gasteiger partial charge in [-0.2, -0.15) is 8.42 Å². The Bertz CT molecular complexity index is 1530. The van der Waals surface area contributed by atoms with Crippen LogP contribution in [0.4, 0.5) is 0 Å². The predicted octanol–water partition coefficient (Wildman–Crippen LogP) is 4.71. The van der Waals surface area contributed by atoms with Crippen LogP contribution in [0.25, 0.3) is 33.5 Å². The van der Waals surface area contributed by atoms with Crippen LogP contribution in [-0.2, 0) is 10.0 Å². The summed E-state index contributed by atoms with van der Waals surface area (Å²) in [6.07, 6.45) is 0. The molecule has 1 aromatic heterocycles. The molecule has 9 heteroatoms. The van der Waals surface area contributed by atoms with Gasteiger partial charge >= 0.3 is 0 Å². The van der Waals surface area contributed by atoms with Crippen LogP contribution in [0, 0.1) is 0 Å². The van der Waals surface area contributed by atoms with Crippen LogP contribution >= 0.6 is 0 Å². The second-order valence-corrected chi connectivity index (χ2v) is 9.40. The number of ether oxygens (including phenoxy) is 2. The van der Waals surface area contributed by atoms with Crippen LogP contribution in [0.1, 0.15) is 0 Å². The fourth-order valence-electron chi connectivity index (χ4n) is 3.73. The summed E-state index contributed by atoms with van der Waals surface area (Å²) in [7, 11) is -0.817. The zero-order chi connectivity index (χ0) is 24.4. The maximum atomic E-state index is 13.5. The van der Waals surface area contributed by atoms with Crippen molar-refractivity contribution in [3.63, 3.8) is 0 Å². The fraction of sp³-hybridized carbons (Fsp3) is 0.0769. The van der Waals surface area contributed by atoms with Crippen molar-refractivity contribution in [2.24, 2.45) is 0 Å². The summed E-state index contributed by atoms with van der Waals surface area (Å²) in [5.41, 5.74) is 1.33. The van der Waals surface area contributed by atoms with Gasteiger partial charge in [0.25, 0.3) is 10.0 Å².